The fourth-order valence-corrected chi connectivity index (χ4v) is 9.36. The van der Waals surface area contributed by atoms with Crippen molar-refractivity contribution in [1.29, 1.82) is 0 Å². The maximum Gasteiger partial charge on any atom is 0.136 e. The molecule has 286 valence electrons. The first-order chi connectivity index (χ1) is 30.2. The molecular weight excluding hydrogens is 741 g/mol. The molecule has 10 aromatic carbocycles. The lowest BCUT2D eigenvalue weighted by Gasteiger charge is -2.27. The van der Waals surface area contributed by atoms with Crippen molar-refractivity contribution in [1.82, 2.24) is 4.57 Å². The van der Waals surface area contributed by atoms with Crippen LogP contribution in [0.5, 0.6) is 0 Å². The van der Waals surface area contributed by atoms with Crippen LogP contribution in [-0.4, -0.2) is 4.57 Å². The molecule has 2 heterocycles. The van der Waals surface area contributed by atoms with E-state index in [1.54, 1.807) is 0 Å². The average Bonchev–Trinajstić information content (AvgIpc) is 3.88. The maximum absolute atomic E-state index is 6.30. The number of para-hydroxylation sites is 3. The molecule has 0 spiro atoms. The standard InChI is InChI=1S/C58H38N2O/c1-2-17-47-39(13-1)14-11-23-49(47)41-29-34-44(35-30-41)59(45-15-12-16-46(38-45)60-55-24-8-5-20-51(55)52-21-6-9-25-56(52)60)43-32-27-40(28-33-43)48-18-3-4-19-50(48)42-31-36-54-53-22-7-10-26-57(53)61-58(54)37-42/h1-38H. The number of hydrogen-bond acceptors (Lipinski definition) is 2. The van der Waals surface area contributed by atoms with E-state index >= 15 is 0 Å². The van der Waals surface area contributed by atoms with E-state index in [1.165, 1.54) is 49.3 Å². The van der Waals surface area contributed by atoms with Crippen LogP contribution in [0.25, 0.3) is 93.6 Å². The van der Waals surface area contributed by atoms with Gasteiger partial charge in [0.2, 0.25) is 0 Å². The van der Waals surface area contributed by atoms with Crippen LogP contribution in [0.15, 0.2) is 235 Å². The predicted molar refractivity (Wildman–Crippen MR) is 257 cm³/mol. The smallest absolute Gasteiger partial charge is 0.136 e. The first kappa shape index (κ1) is 34.9. The molecule has 3 nitrogen and oxygen atoms in total. The van der Waals surface area contributed by atoms with Gasteiger partial charge in [0.1, 0.15) is 11.2 Å². The largest absolute Gasteiger partial charge is 0.456 e. The van der Waals surface area contributed by atoms with Crippen LogP contribution in [0.1, 0.15) is 0 Å². The minimum absolute atomic E-state index is 0.897. The summed E-state index contributed by atoms with van der Waals surface area (Å²) in [6.07, 6.45) is 0. The van der Waals surface area contributed by atoms with Gasteiger partial charge in [0, 0.05) is 44.3 Å². The summed E-state index contributed by atoms with van der Waals surface area (Å²) in [4.78, 5) is 2.37. The second kappa shape index (κ2) is 14.3. The third-order valence-electron chi connectivity index (χ3n) is 12.2. The summed E-state index contributed by atoms with van der Waals surface area (Å²) in [6, 6.07) is 83.0. The minimum Gasteiger partial charge on any atom is -0.456 e. The lowest BCUT2D eigenvalue weighted by Crippen LogP contribution is -2.10. The molecule has 0 bridgehead atoms. The predicted octanol–water partition coefficient (Wildman–Crippen LogP) is 16.3. The van der Waals surface area contributed by atoms with Crippen molar-refractivity contribution in [2.24, 2.45) is 0 Å². The Bertz CT molecular complexity index is 3530. The number of rotatable bonds is 7. The van der Waals surface area contributed by atoms with Gasteiger partial charge in [-0.05, 0) is 117 Å². The van der Waals surface area contributed by atoms with Crippen molar-refractivity contribution in [3.63, 3.8) is 0 Å². The molecule has 0 radical (unpaired) electrons. The van der Waals surface area contributed by atoms with Crippen molar-refractivity contribution in [3.8, 4) is 39.1 Å². The molecule has 12 rings (SSSR count). The van der Waals surface area contributed by atoms with Gasteiger partial charge in [-0.15, -0.1) is 0 Å². The van der Waals surface area contributed by atoms with E-state index in [0.717, 1.165) is 61.4 Å². The molecule has 12 aromatic rings. The number of nitrogens with zero attached hydrogens (tertiary/aromatic N) is 2. The highest BCUT2D eigenvalue weighted by molar-refractivity contribution is 6.09. The number of furan rings is 1. The van der Waals surface area contributed by atoms with Gasteiger partial charge in [0.15, 0.2) is 0 Å². The summed E-state index contributed by atoms with van der Waals surface area (Å²) in [5.41, 5.74) is 15.5. The SMILES string of the molecule is c1cc(N(c2ccc(-c3ccccc3-c3ccc4c(c3)oc3ccccc34)cc2)c2ccc(-c3cccc4ccccc34)cc2)cc(-n2c3ccccc3c3ccccc32)c1. The minimum atomic E-state index is 0.897. The zero-order valence-electron chi connectivity index (χ0n) is 33.2. The number of fused-ring (bicyclic) bond motifs is 7. The highest BCUT2D eigenvalue weighted by atomic mass is 16.3. The fraction of sp³-hybridized carbons (Fsp3) is 0. The number of aromatic nitrogens is 1. The normalized spacial score (nSPS) is 11.6. The van der Waals surface area contributed by atoms with E-state index in [1.807, 2.05) is 12.1 Å². The molecule has 0 aliphatic carbocycles. The van der Waals surface area contributed by atoms with Crippen molar-refractivity contribution < 1.29 is 4.42 Å². The third kappa shape index (κ3) is 5.90. The highest BCUT2D eigenvalue weighted by Gasteiger charge is 2.18. The van der Waals surface area contributed by atoms with Crippen LogP contribution >= 0.6 is 0 Å². The zero-order chi connectivity index (χ0) is 40.3. The Balaban J connectivity index is 0.972. The van der Waals surface area contributed by atoms with E-state index in [-0.39, 0.29) is 0 Å². The van der Waals surface area contributed by atoms with Crippen LogP contribution in [0.4, 0.5) is 17.1 Å². The average molecular weight is 779 g/mol. The van der Waals surface area contributed by atoms with Gasteiger partial charge in [-0.1, -0.05) is 158 Å². The van der Waals surface area contributed by atoms with Crippen LogP contribution in [0, 0.1) is 0 Å². The van der Waals surface area contributed by atoms with Crippen LogP contribution in [0.3, 0.4) is 0 Å². The topological polar surface area (TPSA) is 21.3 Å². The molecule has 3 heteroatoms. The van der Waals surface area contributed by atoms with E-state index in [2.05, 4.69) is 228 Å². The molecule has 0 amide bonds. The van der Waals surface area contributed by atoms with Gasteiger partial charge in [-0.3, -0.25) is 0 Å². The molecule has 0 unspecified atom stereocenters. The summed E-state index contributed by atoms with van der Waals surface area (Å²) in [5, 5.41) is 7.26. The molecule has 0 N–H and O–H groups in total. The number of hydrogen-bond donors (Lipinski definition) is 0. The monoisotopic (exact) mass is 778 g/mol. The Kier molecular flexibility index (Phi) is 8.17. The molecule has 0 atom stereocenters. The number of benzene rings is 10. The Labute approximate surface area is 353 Å². The Morgan fingerprint density at radius 1 is 0.311 bits per heavy atom. The van der Waals surface area contributed by atoms with E-state index < -0.39 is 0 Å². The molecule has 0 saturated carbocycles. The van der Waals surface area contributed by atoms with Gasteiger partial charge < -0.3 is 13.9 Å². The Hall–Kier alpha value is -8.14. The zero-order valence-corrected chi connectivity index (χ0v) is 33.2. The Morgan fingerprint density at radius 2 is 0.820 bits per heavy atom. The first-order valence-corrected chi connectivity index (χ1v) is 20.8. The molecule has 61 heavy (non-hydrogen) atoms. The summed E-state index contributed by atoms with van der Waals surface area (Å²) in [5.74, 6) is 0. The Morgan fingerprint density at radius 3 is 1.54 bits per heavy atom. The van der Waals surface area contributed by atoms with E-state index in [4.69, 9.17) is 4.42 Å². The molecule has 0 fully saturated rings. The van der Waals surface area contributed by atoms with Crippen molar-refractivity contribution in [3.05, 3.63) is 231 Å². The molecular formula is C58H38N2O. The van der Waals surface area contributed by atoms with Crippen molar-refractivity contribution >= 4 is 71.6 Å². The van der Waals surface area contributed by atoms with Crippen LogP contribution in [-0.2, 0) is 0 Å². The fourth-order valence-electron chi connectivity index (χ4n) is 9.36. The second-order valence-corrected chi connectivity index (χ2v) is 15.7. The van der Waals surface area contributed by atoms with E-state index in [0.29, 0.717) is 0 Å². The molecule has 2 aromatic heterocycles. The van der Waals surface area contributed by atoms with E-state index in [9.17, 15) is 0 Å². The highest BCUT2D eigenvalue weighted by Crippen LogP contribution is 2.42. The van der Waals surface area contributed by atoms with Gasteiger partial charge >= 0.3 is 0 Å². The lowest BCUT2D eigenvalue weighted by molar-refractivity contribution is 0.669. The van der Waals surface area contributed by atoms with Crippen molar-refractivity contribution in [2.75, 3.05) is 4.90 Å². The summed E-state index contributed by atoms with van der Waals surface area (Å²) in [7, 11) is 0. The summed E-state index contributed by atoms with van der Waals surface area (Å²) < 4.78 is 8.69. The van der Waals surface area contributed by atoms with Crippen LogP contribution in [0.2, 0.25) is 0 Å². The van der Waals surface area contributed by atoms with Gasteiger partial charge in [0.25, 0.3) is 0 Å². The number of anilines is 3. The first-order valence-electron chi connectivity index (χ1n) is 20.8. The summed E-state index contributed by atoms with van der Waals surface area (Å²) in [6.45, 7) is 0. The van der Waals surface area contributed by atoms with Gasteiger partial charge in [0.05, 0.1) is 11.0 Å². The molecule has 0 saturated heterocycles. The van der Waals surface area contributed by atoms with Crippen LogP contribution < -0.4 is 4.90 Å². The van der Waals surface area contributed by atoms with Crippen molar-refractivity contribution in [2.45, 2.75) is 0 Å². The molecule has 0 aliphatic rings. The second-order valence-electron chi connectivity index (χ2n) is 15.7. The van der Waals surface area contributed by atoms with Gasteiger partial charge in [-0.25, -0.2) is 0 Å². The maximum atomic E-state index is 6.30. The third-order valence-corrected chi connectivity index (χ3v) is 12.2. The lowest BCUT2D eigenvalue weighted by atomic mass is 9.94. The van der Waals surface area contributed by atoms with Gasteiger partial charge in [-0.2, -0.15) is 0 Å². The summed E-state index contributed by atoms with van der Waals surface area (Å²) >= 11 is 0. The molecule has 0 aliphatic heterocycles. The quantitative estimate of drug-likeness (QED) is 0.161.